The van der Waals surface area contributed by atoms with Gasteiger partial charge in [-0.3, -0.25) is 0 Å². The summed E-state index contributed by atoms with van der Waals surface area (Å²) in [7, 11) is 0. The number of nitrogens with one attached hydrogen (secondary N) is 1. The Balaban J connectivity index is 1.77. The van der Waals surface area contributed by atoms with Crippen LogP contribution in [0.25, 0.3) is 0 Å². The topological polar surface area (TPSA) is 30.7 Å². The first kappa shape index (κ1) is 15.7. The number of benzene rings is 1. The van der Waals surface area contributed by atoms with Crippen molar-refractivity contribution in [1.82, 2.24) is 0 Å². The third-order valence-corrected chi connectivity index (χ3v) is 7.89. The number of hydrogen-bond donors (Lipinski definition) is 1. The molecule has 0 saturated carbocycles. The minimum atomic E-state index is -0.149. The van der Waals surface area contributed by atoms with Crippen molar-refractivity contribution in [3.05, 3.63) is 28.4 Å². The van der Waals surface area contributed by atoms with Crippen molar-refractivity contribution < 1.29 is 14.4 Å². The summed E-state index contributed by atoms with van der Waals surface area (Å²) in [6.07, 6.45) is 2.52. The van der Waals surface area contributed by atoms with Gasteiger partial charge in [-0.05, 0) is 79.9 Å². The fraction of sp³-hybridized carbons (Fsp3) is 0.500. The molecule has 1 unspecified atom stereocenters. The molecule has 0 spiro atoms. The Hall–Kier alpha value is 0.840. The Kier molecular flexibility index (Phi) is 5.13. The summed E-state index contributed by atoms with van der Waals surface area (Å²) in [5.74, 6) is 0.431. The molecule has 0 amide bonds. The SMILES string of the molecule is O=C(OC1C[NH+]2CCC1CC2)c1cc(I)cc(I)c1I. The van der Waals surface area contributed by atoms with E-state index in [1.165, 1.54) is 25.9 Å². The van der Waals surface area contributed by atoms with Gasteiger partial charge in [-0.2, -0.15) is 0 Å². The van der Waals surface area contributed by atoms with Gasteiger partial charge in [0, 0.05) is 29.5 Å². The Morgan fingerprint density at radius 3 is 2.50 bits per heavy atom. The molecule has 2 bridgehead atoms. The summed E-state index contributed by atoms with van der Waals surface area (Å²) >= 11 is 6.76. The summed E-state index contributed by atoms with van der Waals surface area (Å²) in [6.45, 7) is 3.49. The van der Waals surface area contributed by atoms with Gasteiger partial charge >= 0.3 is 5.97 Å². The maximum atomic E-state index is 12.5. The van der Waals surface area contributed by atoms with Gasteiger partial charge in [0.25, 0.3) is 0 Å². The molecular formula is C14H15I3NO2+. The number of carbonyl (C=O) groups excluding carboxylic acids is 1. The monoisotopic (exact) mass is 610 g/mol. The molecule has 3 aliphatic rings. The summed E-state index contributed by atoms with van der Waals surface area (Å²) < 4.78 is 9.03. The molecule has 6 heteroatoms. The summed E-state index contributed by atoms with van der Waals surface area (Å²) in [6, 6.07) is 4.01. The zero-order chi connectivity index (χ0) is 14.3. The predicted molar refractivity (Wildman–Crippen MR) is 102 cm³/mol. The van der Waals surface area contributed by atoms with E-state index in [9.17, 15) is 4.79 Å². The Morgan fingerprint density at radius 1 is 1.20 bits per heavy atom. The molecule has 1 aromatic carbocycles. The van der Waals surface area contributed by atoms with E-state index in [0.29, 0.717) is 11.5 Å². The Labute approximate surface area is 159 Å². The maximum Gasteiger partial charge on any atom is 0.339 e. The molecular weight excluding hydrogens is 595 g/mol. The number of piperidine rings is 3. The van der Waals surface area contributed by atoms with Gasteiger partial charge in [0.2, 0.25) is 0 Å². The average Bonchev–Trinajstić information content (AvgIpc) is 2.44. The van der Waals surface area contributed by atoms with E-state index in [1.54, 1.807) is 4.90 Å². The van der Waals surface area contributed by atoms with Crippen LogP contribution >= 0.6 is 67.8 Å². The normalized spacial score (nSPS) is 28.4. The number of rotatable bonds is 2. The lowest BCUT2D eigenvalue weighted by Gasteiger charge is -2.41. The van der Waals surface area contributed by atoms with Crippen molar-refractivity contribution in [2.24, 2.45) is 5.92 Å². The molecule has 3 saturated heterocycles. The molecule has 20 heavy (non-hydrogen) atoms. The number of fused-ring (bicyclic) bond motifs is 3. The van der Waals surface area contributed by atoms with Crippen molar-refractivity contribution in [3.8, 4) is 0 Å². The highest BCUT2D eigenvalue weighted by Gasteiger charge is 2.40. The van der Waals surface area contributed by atoms with Crippen LogP contribution in [-0.4, -0.2) is 31.7 Å². The summed E-state index contributed by atoms with van der Waals surface area (Å²) in [5.41, 5.74) is 0.716. The molecule has 4 rings (SSSR count). The lowest BCUT2D eigenvalue weighted by atomic mass is 9.86. The third-order valence-electron chi connectivity index (χ3n) is 4.22. The van der Waals surface area contributed by atoms with Crippen molar-refractivity contribution in [2.45, 2.75) is 18.9 Å². The average molecular weight is 610 g/mol. The Bertz CT molecular complexity index is 541. The van der Waals surface area contributed by atoms with Gasteiger partial charge in [-0.25, -0.2) is 4.79 Å². The van der Waals surface area contributed by atoms with Gasteiger partial charge in [-0.1, -0.05) is 0 Å². The standard InChI is InChI=1S/C14H14I3NO2/c15-9-5-10(13(17)11(16)6-9)14(19)20-12-7-18-3-1-8(12)2-4-18/h5-6,8,12H,1-4,7H2/p+1. The molecule has 3 aliphatic heterocycles. The second kappa shape index (κ2) is 6.53. The van der Waals surface area contributed by atoms with Crippen molar-refractivity contribution in [1.29, 1.82) is 0 Å². The number of esters is 1. The van der Waals surface area contributed by atoms with Crippen LogP contribution in [0.1, 0.15) is 23.2 Å². The van der Waals surface area contributed by atoms with Crippen LogP contribution in [0.2, 0.25) is 0 Å². The van der Waals surface area contributed by atoms with Crippen LogP contribution in [-0.2, 0) is 4.74 Å². The van der Waals surface area contributed by atoms with Crippen LogP contribution in [0.3, 0.4) is 0 Å². The smallest absolute Gasteiger partial charge is 0.339 e. The highest BCUT2D eigenvalue weighted by atomic mass is 127. The first-order valence-corrected chi connectivity index (χ1v) is 9.97. The number of ether oxygens (including phenoxy) is 1. The predicted octanol–water partition coefficient (Wildman–Crippen LogP) is 2.33. The number of halogens is 3. The molecule has 108 valence electrons. The molecule has 0 aliphatic carbocycles. The van der Waals surface area contributed by atoms with Crippen molar-refractivity contribution >= 4 is 73.7 Å². The van der Waals surface area contributed by atoms with E-state index in [0.717, 1.165) is 17.3 Å². The van der Waals surface area contributed by atoms with Crippen LogP contribution < -0.4 is 4.90 Å². The van der Waals surface area contributed by atoms with E-state index < -0.39 is 0 Å². The van der Waals surface area contributed by atoms with Gasteiger partial charge in [0.1, 0.15) is 6.54 Å². The minimum absolute atomic E-state index is 0.117. The van der Waals surface area contributed by atoms with Gasteiger partial charge in [0.05, 0.1) is 18.7 Å². The second-order valence-corrected chi connectivity index (χ2v) is 8.97. The van der Waals surface area contributed by atoms with E-state index in [4.69, 9.17) is 4.74 Å². The van der Waals surface area contributed by atoms with Crippen molar-refractivity contribution in [3.63, 3.8) is 0 Å². The van der Waals surface area contributed by atoms with E-state index in [-0.39, 0.29) is 12.1 Å². The molecule has 0 radical (unpaired) electrons. The van der Waals surface area contributed by atoms with Crippen LogP contribution in [0, 0.1) is 16.6 Å². The molecule has 1 aromatic rings. The lowest BCUT2D eigenvalue weighted by Crippen LogP contribution is -3.16. The zero-order valence-electron chi connectivity index (χ0n) is 10.8. The molecule has 1 N–H and O–H groups in total. The summed E-state index contributed by atoms with van der Waals surface area (Å²) in [5, 5.41) is 0. The molecule has 1 atom stereocenters. The highest BCUT2D eigenvalue weighted by Crippen LogP contribution is 2.26. The first-order chi connectivity index (χ1) is 9.54. The van der Waals surface area contributed by atoms with E-state index in [2.05, 4.69) is 73.8 Å². The van der Waals surface area contributed by atoms with Crippen LogP contribution in [0.15, 0.2) is 12.1 Å². The van der Waals surface area contributed by atoms with Crippen LogP contribution in [0.4, 0.5) is 0 Å². The van der Waals surface area contributed by atoms with Crippen LogP contribution in [0.5, 0.6) is 0 Å². The third kappa shape index (κ3) is 3.27. The number of carbonyl (C=O) groups is 1. The Morgan fingerprint density at radius 2 is 1.90 bits per heavy atom. The quantitative estimate of drug-likeness (QED) is 0.317. The zero-order valence-corrected chi connectivity index (χ0v) is 17.3. The minimum Gasteiger partial charge on any atom is -0.452 e. The largest absolute Gasteiger partial charge is 0.452 e. The lowest BCUT2D eigenvalue weighted by molar-refractivity contribution is -0.920. The molecule has 3 nitrogen and oxygen atoms in total. The first-order valence-electron chi connectivity index (χ1n) is 6.73. The molecule has 0 aromatic heterocycles. The van der Waals surface area contributed by atoms with E-state index in [1.807, 2.05) is 6.07 Å². The van der Waals surface area contributed by atoms with Gasteiger partial charge < -0.3 is 9.64 Å². The number of hydrogen-bond acceptors (Lipinski definition) is 2. The fourth-order valence-corrected chi connectivity index (χ4v) is 5.50. The van der Waals surface area contributed by atoms with Gasteiger partial charge in [0.15, 0.2) is 6.10 Å². The summed E-state index contributed by atoms with van der Waals surface area (Å²) in [4.78, 5) is 14.1. The van der Waals surface area contributed by atoms with Gasteiger partial charge in [-0.15, -0.1) is 0 Å². The second-order valence-electron chi connectivity index (χ2n) is 5.48. The highest BCUT2D eigenvalue weighted by molar-refractivity contribution is 14.1. The maximum absolute atomic E-state index is 12.5. The van der Waals surface area contributed by atoms with E-state index >= 15 is 0 Å². The fourth-order valence-electron chi connectivity index (χ4n) is 3.12. The molecule has 3 fully saturated rings. The number of quaternary nitrogens is 1. The van der Waals surface area contributed by atoms with Crippen molar-refractivity contribution in [2.75, 3.05) is 19.6 Å². The molecule has 3 heterocycles.